The lowest BCUT2D eigenvalue weighted by Crippen LogP contribution is -2.37. The van der Waals surface area contributed by atoms with Gasteiger partial charge in [-0.1, -0.05) is 18.7 Å². The summed E-state index contributed by atoms with van der Waals surface area (Å²) >= 11 is 1.39. The normalized spacial score (nSPS) is 21.2. The quantitative estimate of drug-likeness (QED) is 0.656. The number of halogens is 2. The zero-order valence-corrected chi connectivity index (χ0v) is 17.0. The molecular weight excluding hydrogens is 408 g/mol. The van der Waals surface area contributed by atoms with Gasteiger partial charge in [-0.25, -0.2) is 23.7 Å². The number of amidine groups is 1. The Morgan fingerprint density at radius 3 is 2.83 bits per heavy atom. The van der Waals surface area contributed by atoms with Crippen LogP contribution in [0.25, 0.3) is 11.0 Å². The highest BCUT2D eigenvalue weighted by atomic mass is 32.2. The van der Waals surface area contributed by atoms with Gasteiger partial charge < -0.3 is 11.1 Å². The summed E-state index contributed by atoms with van der Waals surface area (Å²) in [4.78, 5) is 16.9. The molecule has 0 spiro atoms. The molecule has 4 rings (SSSR count). The van der Waals surface area contributed by atoms with E-state index < -0.39 is 17.2 Å². The Kier molecular flexibility index (Phi) is 4.99. The summed E-state index contributed by atoms with van der Waals surface area (Å²) in [5.74, 6) is -1.07. The number of nitriles is 1. The third-order valence-electron chi connectivity index (χ3n) is 5.22. The number of nitrogens with zero attached hydrogens (tertiary/aromatic N) is 5. The second-order valence-electron chi connectivity index (χ2n) is 7.18. The Morgan fingerprint density at radius 1 is 1.27 bits per heavy atom. The average Bonchev–Trinajstić information content (AvgIpc) is 2.73. The van der Waals surface area contributed by atoms with Gasteiger partial charge in [0.15, 0.2) is 22.6 Å². The van der Waals surface area contributed by atoms with Crippen LogP contribution in [-0.4, -0.2) is 25.9 Å². The van der Waals surface area contributed by atoms with Crippen molar-refractivity contribution in [3.05, 3.63) is 53.5 Å². The van der Waals surface area contributed by atoms with Gasteiger partial charge in [-0.05, 0) is 25.0 Å². The number of hydrogen-bond acceptors (Lipinski definition) is 8. The van der Waals surface area contributed by atoms with E-state index in [-0.39, 0.29) is 17.2 Å². The maximum Gasteiger partial charge on any atom is 0.164 e. The third-order valence-corrected chi connectivity index (χ3v) is 6.28. The Labute approximate surface area is 175 Å². The van der Waals surface area contributed by atoms with Crippen molar-refractivity contribution in [3.8, 4) is 6.07 Å². The van der Waals surface area contributed by atoms with Crippen molar-refractivity contribution < 1.29 is 8.78 Å². The Bertz CT molecular complexity index is 1220. The molecule has 0 bridgehead atoms. The van der Waals surface area contributed by atoms with Crippen molar-refractivity contribution in [2.75, 3.05) is 11.1 Å². The molecule has 152 valence electrons. The molecule has 0 saturated carbocycles. The minimum absolute atomic E-state index is 0.0649. The number of nitrogens with two attached hydrogens (primary N) is 1. The summed E-state index contributed by atoms with van der Waals surface area (Å²) in [6, 6.07) is 6.14. The summed E-state index contributed by atoms with van der Waals surface area (Å²) in [5, 5.41) is 12.4. The van der Waals surface area contributed by atoms with E-state index in [1.165, 1.54) is 30.4 Å². The van der Waals surface area contributed by atoms with Crippen LogP contribution in [0.3, 0.4) is 0 Å². The van der Waals surface area contributed by atoms with Gasteiger partial charge in [-0.15, -0.1) is 0 Å². The average molecular weight is 425 g/mol. The van der Waals surface area contributed by atoms with Gasteiger partial charge in [0.25, 0.3) is 0 Å². The molecule has 1 aliphatic rings. The number of fused-ring (bicyclic) bond motifs is 1. The minimum atomic E-state index is -1.01. The minimum Gasteiger partial charge on any atom is -0.379 e. The van der Waals surface area contributed by atoms with E-state index >= 15 is 0 Å². The summed E-state index contributed by atoms with van der Waals surface area (Å²) in [6.45, 7) is 3.67. The lowest BCUT2D eigenvalue weighted by atomic mass is 9.81. The van der Waals surface area contributed by atoms with E-state index in [0.717, 1.165) is 6.07 Å². The summed E-state index contributed by atoms with van der Waals surface area (Å²) in [5.41, 5.74) is 6.48. The predicted octanol–water partition coefficient (Wildman–Crippen LogP) is 3.83. The highest BCUT2D eigenvalue weighted by molar-refractivity contribution is 8.13. The van der Waals surface area contributed by atoms with Crippen LogP contribution in [0.4, 0.5) is 20.3 Å². The van der Waals surface area contributed by atoms with Gasteiger partial charge in [0.1, 0.15) is 17.9 Å². The SMILES string of the molecule is C[C@@H]1CSC(N)=N[C@]1(C)c1cc(Nc2ncnc3cc(C#N)cnc23)cc(F)c1F. The van der Waals surface area contributed by atoms with Crippen molar-refractivity contribution in [1.82, 2.24) is 15.0 Å². The molecule has 10 heteroatoms. The Balaban J connectivity index is 1.80. The molecule has 3 aromatic rings. The van der Waals surface area contributed by atoms with Crippen LogP contribution in [0.1, 0.15) is 25.0 Å². The fourth-order valence-electron chi connectivity index (χ4n) is 3.33. The van der Waals surface area contributed by atoms with Crippen LogP contribution in [0, 0.1) is 28.9 Å². The molecule has 0 radical (unpaired) electrons. The molecule has 7 nitrogen and oxygen atoms in total. The Morgan fingerprint density at radius 2 is 2.07 bits per heavy atom. The smallest absolute Gasteiger partial charge is 0.164 e. The number of aliphatic imine (C=N–C) groups is 1. The van der Waals surface area contributed by atoms with Gasteiger partial charge in [0.05, 0.1) is 16.6 Å². The first kappa shape index (κ1) is 20.0. The molecule has 30 heavy (non-hydrogen) atoms. The molecule has 0 amide bonds. The number of anilines is 2. The first-order valence-electron chi connectivity index (χ1n) is 9.07. The monoisotopic (exact) mass is 425 g/mol. The first-order chi connectivity index (χ1) is 14.3. The van der Waals surface area contributed by atoms with Gasteiger partial charge in [-0.2, -0.15) is 5.26 Å². The molecule has 0 unspecified atom stereocenters. The first-order valence-corrected chi connectivity index (χ1v) is 10.1. The highest BCUT2D eigenvalue weighted by Gasteiger charge is 2.39. The number of thioether (sulfide) groups is 1. The zero-order valence-electron chi connectivity index (χ0n) is 16.1. The van der Waals surface area contributed by atoms with Gasteiger partial charge >= 0.3 is 0 Å². The second kappa shape index (κ2) is 7.50. The number of hydrogen-bond donors (Lipinski definition) is 2. The molecule has 2 aromatic heterocycles. The molecular formula is C20H17F2N7S. The van der Waals surface area contributed by atoms with Crippen molar-refractivity contribution >= 4 is 39.5 Å². The molecule has 2 atom stereocenters. The molecule has 3 heterocycles. The van der Waals surface area contributed by atoms with Crippen LogP contribution in [0.2, 0.25) is 0 Å². The standard InChI is InChI=1S/C20H17F2N7S/c1-10-8-30-19(24)29-20(10,2)13-4-12(5-14(21)16(13)22)28-18-17-15(26-9-27-18)3-11(6-23)7-25-17/h3-5,7,9-10H,8H2,1-2H3,(H2,24,29)(H,26,27,28)/t10-,20+/m1/s1. The predicted molar refractivity (Wildman–Crippen MR) is 112 cm³/mol. The molecule has 1 aliphatic heterocycles. The molecule has 0 aliphatic carbocycles. The number of nitrogens with one attached hydrogen (secondary N) is 1. The van der Waals surface area contributed by atoms with Gasteiger partial charge in [0, 0.05) is 29.3 Å². The topological polar surface area (TPSA) is 113 Å². The lowest BCUT2D eigenvalue weighted by molar-refractivity contribution is 0.336. The third kappa shape index (κ3) is 3.41. The van der Waals surface area contributed by atoms with E-state index in [4.69, 9.17) is 11.0 Å². The van der Waals surface area contributed by atoms with Crippen LogP contribution < -0.4 is 11.1 Å². The second-order valence-corrected chi connectivity index (χ2v) is 8.22. The lowest BCUT2D eigenvalue weighted by Gasteiger charge is -2.36. The largest absolute Gasteiger partial charge is 0.379 e. The van der Waals surface area contributed by atoms with Crippen molar-refractivity contribution in [1.29, 1.82) is 5.26 Å². The van der Waals surface area contributed by atoms with Crippen molar-refractivity contribution in [2.24, 2.45) is 16.6 Å². The number of pyridine rings is 1. The van der Waals surface area contributed by atoms with Gasteiger partial charge in [0.2, 0.25) is 0 Å². The van der Waals surface area contributed by atoms with Crippen LogP contribution in [-0.2, 0) is 5.54 Å². The number of aromatic nitrogens is 3. The fourth-order valence-corrected chi connectivity index (χ4v) is 4.33. The van der Waals surface area contributed by atoms with Crippen LogP contribution in [0.5, 0.6) is 0 Å². The number of rotatable bonds is 3. The van der Waals surface area contributed by atoms with Crippen LogP contribution in [0.15, 0.2) is 35.7 Å². The van der Waals surface area contributed by atoms with Crippen LogP contribution >= 0.6 is 11.8 Å². The van der Waals surface area contributed by atoms with E-state index in [9.17, 15) is 8.78 Å². The zero-order chi connectivity index (χ0) is 21.5. The summed E-state index contributed by atoms with van der Waals surface area (Å²) in [6.07, 6.45) is 2.70. The van der Waals surface area contributed by atoms with Crippen molar-refractivity contribution in [3.63, 3.8) is 0 Å². The van der Waals surface area contributed by atoms with E-state index in [0.29, 0.717) is 33.3 Å². The van der Waals surface area contributed by atoms with Gasteiger partial charge in [-0.3, -0.25) is 4.99 Å². The maximum absolute atomic E-state index is 14.8. The Hall–Kier alpha value is -3.32. The summed E-state index contributed by atoms with van der Waals surface area (Å²) in [7, 11) is 0. The molecule has 1 aromatic carbocycles. The number of benzene rings is 1. The highest BCUT2D eigenvalue weighted by Crippen LogP contribution is 2.42. The van der Waals surface area contributed by atoms with Crippen molar-refractivity contribution in [2.45, 2.75) is 19.4 Å². The molecule has 0 saturated heterocycles. The summed E-state index contributed by atoms with van der Waals surface area (Å²) < 4.78 is 29.3. The molecule has 0 fully saturated rings. The van der Waals surface area contributed by atoms with E-state index in [1.54, 1.807) is 13.0 Å². The fraction of sp³-hybridized carbons (Fsp3) is 0.250. The maximum atomic E-state index is 14.8. The molecule has 3 N–H and O–H groups in total. The van der Waals surface area contributed by atoms with E-state index in [2.05, 4.69) is 25.3 Å². The van der Waals surface area contributed by atoms with E-state index in [1.807, 2.05) is 13.0 Å².